The standard InChI is InChI=1S/C43H45N7O6/c1-25-31(33-9-6-10-37-34(33)21-45-50(37)39-19-38(54-3)35(41(47-39)55-4)24-49-16-15-30(51)23-49)7-5-8-32(25)42-46-36-18-26(17-28(20-44)40(36)56-42)22-48(2)29-13-11-27(12-14-29)43(52)53/h5-10,17-19,21,27,29-30,51H,11-16,22-24H2,1-4H3,(H,52,53)/t27?,29?,30-/m1/s1. The molecule has 288 valence electrons. The highest BCUT2D eigenvalue weighted by molar-refractivity contribution is 5.97. The van der Waals surface area contributed by atoms with E-state index < -0.39 is 5.97 Å². The van der Waals surface area contributed by atoms with Crippen molar-refractivity contribution in [2.75, 3.05) is 34.4 Å². The normalized spacial score (nSPS) is 18.8. The second-order valence-corrected chi connectivity index (χ2v) is 15.0. The maximum Gasteiger partial charge on any atom is 0.306 e. The molecule has 1 aliphatic carbocycles. The minimum Gasteiger partial charge on any atom is -0.496 e. The van der Waals surface area contributed by atoms with E-state index in [1.54, 1.807) is 18.9 Å². The summed E-state index contributed by atoms with van der Waals surface area (Å²) in [4.78, 5) is 25.6. The Bertz CT molecular complexity index is 2450. The molecule has 2 aliphatic rings. The third-order valence-electron chi connectivity index (χ3n) is 11.5. The maximum absolute atomic E-state index is 11.4. The first-order chi connectivity index (χ1) is 27.1. The maximum atomic E-state index is 11.4. The molecule has 2 N–H and O–H groups in total. The summed E-state index contributed by atoms with van der Waals surface area (Å²) in [6.07, 6.45) is 5.25. The lowest BCUT2D eigenvalue weighted by molar-refractivity contribution is -0.143. The Hall–Kier alpha value is -5.81. The Morgan fingerprint density at radius 2 is 1.79 bits per heavy atom. The molecule has 3 aromatic heterocycles. The zero-order chi connectivity index (χ0) is 39.1. The number of aliphatic carboxylic acids is 1. The van der Waals surface area contributed by atoms with Crippen LogP contribution in [0.15, 0.2) is 65.2 Å². The van der Waals surface area contributed by atoms with Crippen molar-refractivity contribution in [3.63, 3.8) is 0 Å². The van der Waals surface area contributed by atoms with Gasteiger partial charge in [-0.2, -0.15) is 15.3 Å². The Balaban J connectivity index is 1.10. The molecular formula is C43H45N7O6. The Kier molecular flexibility index (Phi) is 10.2. The molecule has 0 unspecified atom stereocenters. The topological polar surface area (TPSA) is 163 Å². The molecule has 1 saturated heterocycles. The molecule has 1 aliphatic heterocycles. The van der Waals surface area contributed by atoms with Crippen LogP contribution in [0.4, 0.5) is 0 Å². The average Bonchev–Trinajstić information content (AvgIpc) is 3.96. The van der Waals surface area contributed by atoms with E-state index in [0.717, 1.165) is 70.1 Å². The number of aliphatic hydroxyl groups excluding tert-OH is 1. The predicted octanol–water partition coefficient (Wildman–Crippen LogP) is 6.73. The number of nitrogens with zero attached hydrogens (tertiary/aromatic N) is 7. The lowest BCUT2D eigenvalue weighted by atomic mass is 9.85. The van der Waals surface area contributed by atoms with Crippen molar-refractivity contribution in [1.29, 1.82) is 5.26 Å². The number of benzene rings is 3. The van der Waals surface area contributed by atoms with E-state index in [9.17, 15) is 20.3 Å². The molecule has 8 rings (SSSR count). The van der Waals surface area contributed by atoms with Gasteiger partial charge in [0, 0.05) is 49.2 Å². The quantitative estimate of drug-likeness (QED) is 0.144. The van der Waals surface area contributed by atoms with Gasteiger partial charge < -0.3 is 24.1 Å². The van der Waals surface area contributed by atoms with Gasteiger partial charge in [0.1, 0.15) is 17.3 Å². The predicted molar refractivity (Wildman–Crippen MR) is 211 cm³/mol. The smallest absolute Gasteiger partial charge is 0.306 e. The van der Waals surface area contributed by atoms with Crippen molar-refractivity contribution < 1.29 is 28.9 Å². The number of oxazole rings is 1. The second-order valence-electron chi connectivity index (χ2n) is 15.0. The van der Waals surface area contributed by atoms with Crippen LogP contribution in [0.1, 0.15) is 54.4 Å². The van der Waals surface area contributed by atoms with Crippen LogP contribution in [0, 0.1) is 24.2 Å². The number of β-amino-alcohol motifs (C(OH)–C–C–N with tert-alkyl or cyclic N) is 1. The number of carboxylic acids is 1. The molecule has 0 spiro atoms. The number of methoxy groups -OCH3 is 2. The molecule has 3 aromatic carbocycles. The molecule has 13 heteroatoms. The lowest BCUT2D eigenvalue weighted by Crippen LogP contribution is -2.36. The number of rotatable bonds is 11. The van der Waals surface area contributed by atoms with Crippen molar-refractivity contribution in [1.82, 2.24) is 29.5 Å². The second kappa shape index (κ2) is 15.4. The molecule has 4 heterocycles. The van der Waals surface area contributed by atoms with E-state index in [4.69, 9.17) is 29.0 Å². The summed E-state index contributed by atoms with van der Waals surface area (Å²) in [6.45, 7) is 4.58. The zero-order valence-electron chi connectivity index (χ0n) is 32.0. The number of fused-ring (bicyclic) bond motifs is 2. The van der Waals surface area contributed by atoms with Gasteiger partial charge in [0.2, 0.25) is 11.8 Å². The number of ether oxygens (including phenoxy) is 2. The fourth-order valence-electron chi connectivity index (χ4n) is 8.49. The van der Waals surface area contributed by atoms with Gasteiger partial charge in [-0.15, -0.1) is 0 Å². The van der Waals surface area contributed by atoms with Crippen molar-refractivity contribution in [2.24, 2.45) is 5.92 Å². The summed E-state index contributed by atoms with van der Waals surface area (Å²) in [6, 6.07) is 20.4. The van der Waals surface area contributed by atoms with Gasteiger partial charge in [-0.3, -0.25) is 14.6 Å². The molecule has 0 bridgehead atoms. The molecule has 2 fully saturated rings. The van der Waals surface area contributed by atoms with Gasteiger partial charge in [0.25, 0.3) is 0 Å². The van der Waals surface area contributed by atoms with Gasteiger partial charge in [0.05, 0.1) is 49.1 Å². The van der Waals surface area contributed by atoms with E-state index in [0.29, 0.717) is 72.5 Å². The molecule has 13 nitrogen and oxygen atoms in total. The van der Waals surface area contributed by atoms with Crippen LogP contribution in [0.2, 0.25) is 0 Å². The van der Waals surface area contributed by atoms with Gasteiger partial charge in [-0.25, -0.2) is 9.67 Å². The summed E-state index contributed by atoms with van der Waals surface area (Å²) in [5.41, 5.74) is 7.87. The minimum absolute atomic E-state index is 0.264. The first-order valence-corrected chi connectivity index (χ1v) is 19.0. The monoisotopic (exact) mass is 755 g/mol. The molecular weight excluding hydrogens is 711 g/mol. The van der Waals surface area contributed by atoms with E-state index in [2.05, 4.69) is 35.0 Å². The molecule has 0 amide bonds. The first kappa shape index (κ1) is 37.1. The fourth-order valence-corrected chi connectivity index (χ4v) is 8.49. The molecule has 6 aromatic rings. The summed E-state index contributed by atoms with van der Waals surface area (Å²) >= 11 is 0. The van der Waals surface area contributed by atoms with E-state index in [1.165, 1.54) is 0 Å². The van der Waals surface area contributed by atoms with Crippen LogP contribution in [0.5, 0.6) is 11.6 Å². The van der Waals surface area contributed by atoms with Gasteiger partial charge in [-0.05, 0) is 92.6 Å². The number of aliphatic hydroxyl groups is 1. The average molecular weight is 756 g/mol. The van der Waals surface area contributed by atoms with E-state index in [1.807, 2.05) is 55.6 Å². The summed E-state index contributed by atoms with van der Waals surface area (Å²) in [7, 11) is 5.28. The fraction of sp³-hybridized carbons (Fsp3) is 0.372. The highest BCUT2D eigenvalue weighted by atomic mass is 16.5. The van der Waals surface area contributed by atoms with Crippen molar-refractivity contribution >= 4 is 28.0 Å². The highest BCUT2D eigenvalue weighted by Gasteiger charge is 2.29. The summed E-state index contributed by atoms with van der Waals surface area (Å²) in [5.74, 6) is 1.09. The third kappa shape index (κ3) is 6.96. The Morgan fingerprint density at radius 3 is 2.50 bits per heavy atom. The molecule has 56 heavy (non-hydrogen) atoms. The molecule has 0 radical (unpaired) electrons. The number of nitriles is 1. The van der Waals surface area contributed by atoms with E-state index in [-0.39, 0.29) is 18.1 Å². The number of hydrogen-bond donors (Lipinski definition) is 2. The number of pyridine rings is 1. The number of hydrogen-bond acceptors (Lipinski definition) is 11. The Morgan fingerprint density at radius 1 is 1.02 bits per heavy atom. The summed E-state index contributed by atoms with van der Waals surface area (Å²) in [5, 5.41) is 35.3. The first-order valence-electron chi connectivity index (χ1n) is 19.0. The lowest BCUT2D eigenvalue weighted by Gasteiger charge is -2.33. The van der Waals surface area contributed by atoms with Crippen LogP contribution in [-0.2, 0) is 17.9 Å². The zero-order valence-corrected chi connectivity index (χ0v) is 32.0. The number of carbonyl (C=O) groups is 1. The number of aromatic nitrogens is 4. The molecule has 1 atom stereocenters. The minimum atomic E-state index is -0.708. The Labute approximate surface area is 324 Å². The van der Waals surface area contributed by atoms with E-state index >= 15 is 0 Å². The van der Waals surface area contributed by atoms with Crippen LogP contribution >= 0.6 is 0 Å². The van der Waals surface area contributed by atoms with Gasteiger partial charge >= 0.3 is 5.97 Å². The number of carboxylic acid groups (broad SMARTS) is 1. The SMILES string of the molecule is COc1cc(-n2ncc3c(-c4cccc(-c5nc6cc(CN(C)C7CCC(C(=O)O)CC7)cc(C#N)c6o5)c4C)cccc32)nc(OC)c1CN1CC[C@@H](O)C1. The van der Waals surface area contributed by atoms with Crippen molar-refractivity contribution in [2.45, 2.75) is 64.3 Å². The summed E-state index contributed by atoms with van der Waals surface area (Å²) < 4.78 is 19.7. The van der Waals surface area contributed by atoms with Crippen LogP contribution in [0.25, 0.3) is 50.4 Å². The van der Waals surface area contributed by atoms with Crippen molar-refractivity contribution in [3.8, 4) is 46.1 Å². The van der Waals surface area contributed by atoms with Crippen molar-refractivity contribution in [3.05, 3.63) is 83.0 Å². The number of likely N-dealkylation sites (tertiary alicyclic amines) is 1. The third-order valence-corrected chi connectivity index (χ3v) is 11.5. The van der Waals surface area contributed by atoms with Crippen LogP contribution < -0.4 is 9.47 Å². The van der Waals surface area contributed by atoms with Crippen LogP contribution in [-0.4, -0.2) is 92.2 Å². The van der Waals surface area contributed by atoms with Gasteiger partial charge in [0.15, 0.2) is 11.4 Å². The molecule has 1 saturated carbocycles. The van der Waals surface area contributed by atoms with Crippen LogP contribution in [0.3, 0.4) is 0 Å². The largest absolute Gasteiger partial charge is 0.496 e. The highest BCUT2D eigenvalue weighted by Crippen LogP contribution is 2.39. The van der Waals surface area contributed by atoms with Gasteiger partial charge in [-0.1, -0.05) is 24.3 Å².